The number of ether oxygens (including phenoxy) is 1. The van der Waals surface area contributed by atoms with Gasteiger partial charge in [0.05, 0.1) is 5.41 Å². The number of hydrogen-bond acceptors (Lipinski definition) is 3. The van der Waals surface area contributed by atoms with Crippen molar-refractivity contribution in [3.63, 3.8) is 0 Å². The van der Waals surface area contributed by atoms with Gasteiger partial charge in [0.1, 0.15) is 0 Å². The molecule has 0 aromatic heterocycles. The molecule has 14 heavy (non-hydrogen) atoms. The number of nitrogens with two attached hydrogens (primary N) is 1. The summed E-state index contributed by atoms with van der Waals surface area (Å²) in [5, 5.41) is 1.25. The molecule has 1 heterocycles. The summed E-state index contributed by atoms with van der Waals surface area (Å²) in [6, 6.07) is 0. The van der Waals surface area contributed by atoms with Gasteiger partial charge in [-0.2, -0.15) is 0 Å². The van der Waals surface area contributed by atoms with Crippen molar-refractivity contribution in [3.8, 4) is 0 Å². The Balaban J connectivity index is 2.04. The van der Waals surface area contributed by atoms with E-state index in [2.05, 4.69) is 0 Å². The third kappa shape index (κ3) is 1.53. The molecule has 2 aliphatic rings. The topological polar surface area (TPSA) is 55.6 Å². The Labute approximate surface area is 84.4 Å². The molecule has 0 aromatic carbocycles. The Morgan fingerprint density at radius 1 is 1.43 bits per heavy atom. The second kappa shape index (κ2) is 3.51. The smallest absolute Gasteiger partial charge is 0.242 e. The lowest BCUT2D eigenvalue weighted by molar-refractivity contribution is -0.139. The van der Waals surface area contributed by atoms with Crippen LogP contribution in [0.25, 0.3) is 0 Å². The fourth-order valence-electron chi connectivity index (χ4n) is 2.53. The molecular formula is C10H18N2O2. The van der Waals surface area contributed by atoms with Crippen molar-refractivity contribution < 1.29 is 9.53 Å². The maximum absolute atomic E-state index is 11.9. The molecule has 4 heteroatoms. The minimum absolute atomic E-state index is 0.115. The van der Waals surface area contributed by atoms with Crippen LogP contribution in [0.2, 0.25) is 0 Å². The first-order chi connectivity index (χ1) is 6.67. The zero-order chi connectivity index (χ0) is 10.2. The standard InChI is InChI=1S/C10H18N2O2/c1-12(11)9(13)10(4-5-10)8-2-6-14-7-3-8/h8H,2-7,11H2,1H3. The van der Waals surface area contributed by atoms with Crippen molar-refractivity contribution in [2.45, 2.75) is 25.7 Å². The van der Waals surface area contributed by atoms with Gasteiger partial charge in [0.15, 0.2) is 0 Å². The maximum atomic E-state index is 11.9. The summed E-state index contributed by atoms with van der Waals surface area (Å²) in [5.41, 5.74) is -0.118. The van der Waals surface area contributed by atoms with Gasteiger partial charge in [0.25, 0.3) is 0 Å². The van der Waals surface area contributed by atoms with E-state index in [9.17, 15) is 4.79 Å². The lowest BCUT2D eigenvalue weighted by atomic mass is 9.82. The van der Waals surface area contributed by atoms with Crippen LogP contribution >= 0.6 is 0 Å². The average molecular weight is 198 g/mol. The minimum Gasteiger partial charge on any atom is -0.381 e. The Kier molecular flexibility index (Phi) is 2.49. The predicted octanol–water partition coefficient (Wildman–Crippen LogP) is 0.525. The number of nitrogens with zero attached hydrogens (tertiary/aromatic N) is 1. The summed E-state index contributed by atoms with van der Waals surface area (Å²) in [5.74, 6) is 6.13. The van der Waals surface area contributed by atoms with Gasteiger partial charge in [-0.3, -0.25) is 9.80 Å². The van der Waals surface area contributed by atoms with Crippen LogP contribution in [0.3, 0.4) is 0 Å². The molecule has 0 aromatic rings. The molecule has 80 valence electrons. The van der Waals surface area contributed by atoms with Crippen molar-refractivity contribution >= 4 is 5.91 Å². The zero-order valence-corrected chi connectivity index (χ0v) is 8.66. The van der Waals surface area contributed by atoms with Crippen LogP contribution in [0, 0.1) is 11.3 Å². The van der Waals surface area contributed by atoms with Crippen LogP contribution in [0.15, 0.2) is 0 Å². The predicted molar refractivity (Wildman–Crippen MR) is 52.2 cm³/mol. The molecule has 2 rings (SSSR count). The highest BCUT2D eigenvalue weighted by Gasteiger charge is 2.56. The van der Waals surface area contributed by atoms with Gasteiger partial charge in [0.2, 0.25) is 5.91 Å². The Bertz CT molecular complexity index is 230. The van der Waals surface area contributed by atoms with Gasteiger partial charge in [-0.05, 0) is 31.6 Å². The molecule has 0 atom stereocenters. The molecule has 0 bridgehead atoms. The Hall–Kier alpha value is -0.610. The number of carbonyl (C=O) groups excluding carboxylic acids is 1. The number of rotatable bonds is 2. The fourth-order valence-corrected chi connectivity index (χ4v) is 2.53. The highest BCUT2D eigenvalue weighted by atomic mass is 16.5. The average Bonchev–Trinajstić information content (AvgIpc) is 2.99. The third-order valence-electron chi connectivity index (χ3n) is 3.54. The zero-order valence-electron chi connectivity index (χ0n) is 8.66. The monoisotopic (exact) mass is 198 g/mol. The first kappa shape index (κ1) is 9.93. The maximum Gasteiger partial charge on any atom is 0.242 e. The lowest BCUT2D eigenvalue weighted by Crippen LogP contribution is -2.43. The molecule has 1 saturated carbocycles. The molecule has 1 aliphatic carbocycles. The molecule has 2 N–H and O–H groups in total. The summed E-state index contributed by atoms with van der Waals surface area (Å²) < 4.78 is 5.31. The van der Waals surface area contributed by atoms with Crippen LogP contribution in [0.1, 0.15) is 25.7 Å². The Morgan fingerprint density at radius 2 is 2.00 bits per heavy atom. The molecule has 0 radical (unpaired) electrons. The van der Waals surface area contributed by atoms with Crippen LogP contribution in [0.4, 0.5) is 0 Å². The molecule has 1 amide bonds. The fraction of sp³-hybridized carbons (Fsp3) is 0.900. The highest BCUT2D eigenvalue weighted by molar-refractivity contribution is 5.85. The van der Waals surface area contributed by atoms with Gasteiger partial charge in [-0.25, -0.2) is 5.84 Å². The minimum atomic E-state index is -0.118. The normalized spacial score (nSPS) is 25.9. The molecule has 0 spiro atoms. The molecule has 0 unspecified atom stereocenters. The third-order valence-corrected chi connectivity index (χ3v) is 3.54. The summed E-state index contributed by atoms with van der Waals surface area (Å²) in [7, 11) is 1.64. The summed E-state index contributed by atoms with van der Waals surface area (Å²) in [6.45, 7) is 1.60. The molecular weight excluding hydrogens is 180 g/mol. The van der Waals surface area contributed by atoms with Gasteiger partial charge in [-0.1, -0.05) is 0 Å². The van der Waals surface area contributed by atoms with Gasteiger partial charge >= 0.3 is 0 Å². The quantitative estimate of drug-likeness (QED) is 0.400. The lowest BCUT2D eigenvalue weighted by Gasteiger charge is -2.30. The van der Waals surface area contributed by atoms with Crippen LogP contribution < -0.4 is 5.84 Å². The summed E-state index contributed by atoms with van der Waals surface area (Å²) >= 11 is 0. The van der Waals surface area contributed by atoms with E-state index in [0.717, 1.165) is 38.9 Å². The molecule has 1 saturated heterocycles. The number of hydrazine groups is 1. The SMILES string of the molecule is CN(N)C(=O)C1(C2CCOCC2)CC1. The largest absolute Gasteiger partial charge is 0.381 e. The van der Waals surface area contributed by atoms with Gasteiger partial charge in [-0.15, -0.1) is 0 Å². The number of amides is 1. The van der Waals surface area contributed by atoms with Crippen molar-refractivity contribution in [3.05, 3.63) is 0 Å². The van der Waals surface area contributed by atoms with Crippen LogP contribution in [0.5, 0.6) is 0 Å². The van der Waals surface area contributed by atoms with Gasteiger partial charge < -0.3 is 4.74 Å². The Morgan fingerprint density at radius 3 is 2.43 bits per heavy atom. The van der Waals surface area contributed by atoms with Crippen molar-refractivity contribution in [1.29, 1.82) is 0 Å². The first-order valence-electron chi connectivity index (χ1n) is 5.27. The van der Waals surface area contributed by atoms with E-state index in [-0.39, 0.29) is 11.3 Å². The van der Waals surface area contributed by atoms with Crippen molar-refractivity contribution in [1.82, 2.24) is 5.01 Å². The van der Waals surface area contributed by atoms with E-state index in [0.29, 0.717) is 5.92 Å². The second-order valence-corrected chi connectivity index (χ2v) is 4.46. The highest BCUT2D eigenvalue weighted by Crippen LogP contribution is 2.55. The van der Waals surface area contributed by atoms with E-state index in [1.165, 1.54) is 5.01 Å². The first-order valence-corrected chi connectivity index (χ1v) is 5.27. The summed E-state index contributed by atoms with van der Waals surface area (Å²) in [6.07, 6.45) is 4.05. The summed E-state index contributed by atoms with van der Waals surface area (Å²) in [4.78, 5) is 11.9. The van der Waals surface area contributed by atoms with Gasteiger partial charge in [0, 0.05) is 20.3 Å². The van der Waals surface area contributed by atoms with E-state index < -0.39 is 0 Å². The number of carbonyl (C=O) groups is 1. The van der Waals surface area contributed by atoms with Crippen LogP contribution in [-0.4, -0.2) is 31.2 Å². The molecule has 1 aliphatic heterocycles. The van der Waals surface area contributed by atoms with E-state index in [4.69, 9.17) is 10.6 Å². The van der Waals surface area contributed by atoms with Crippen molar-refractivity contribution in [2.75, 3.05) is 20.3 Å². The van der Waals surface area contributed by atoms with E-state index in [1.807, 2.05) is 0 Å². The molecule has 4 nitrogen and oxygen atoms in total. The van der Waals surface area contributed by atoms with Crippen molar-refractivity contribution in [2.24, 2.45) is 17.2 Å². The molecule has 2 fully saturated rings. The number of hydrogen-bond donors (Lipinski definition) is 1. The van der Waals surface area contributed by atoms with Crippen LogP contribution in [-0.2, 0) is 9.53 Å². The van der Waals surface area contributed by atoms with E-state index >= 15 is 0 Å². The van der Waals surface area contributed by atoms with E-state index in [1.54, 1.807) is 7.05 Å². The second-order valence-electron chi connectivity index (χ2n) is 4.46.